The minimum Gasteiger partial charge on any atom is -0.493 e. The Balaban J connectivity index is 1.74. The summed E-state index contributed by atoms with van der Waals surface area (Å²) in [5, 5.41) is 23.8. The molecule has 2 rings (SSSR count). The first-order valence-corrected chi connectivity index (χ1v) is 8.24. The van der Waals surface area contributed by atoms with Crippen molar-refractivity contribution in [2.75, 3.05) is 25.5 Å². The number of methoxy groups -OCH3 is 1. The molecule has 132 valence electrons. The largest absolute Gasteiger partial charge is 0.493 e. The van der Waals surface area contributed by atoms with Gasteiger partial charge in [0.05, 0.1) is 30.0 Å². The van der Waals surface area contributed by atoms with E-state index in [1.807, 2.05) is 18.2 Å². The molecule has 0 atom stereocenters. The molecule has 0 radical (unpaired) electrons. The van der Waals surface area contributed by atoms with Gasteiger partial charge in [-0.25, -0.2) is 0 Å². The Bertz CT molecular complexity index is 832. The molecule has 26 heavy (non-hydrogen) atoms. The lowest BCUT2D eigenvalue weighted by Crippen LogP contribution is -2.23. The number of nitriles is 2. The first kappa shape index (κ1) is 19.0. The highest BCUT2D eigenvalue weighted by molar-refractivity contribution is 5.92. The third-order valence-electron chi connectivity index (χ3n) is 3.82. The molecule has 0 saturated heterocycles. The fourth-order valence-corrected chi connectivity index (χ4v) is 2.46. The zero-order valence-electron chi connectivity index (χ0n) is 14.6. The van der Waals surface area contributed by atoms with Gasteiger partial charge in [0, 0.05) is 13.0 Å². The molecule has 2 aromatic rings. The summed E-state index contributed by atoms with van der Waals surface area (Å²) >= 11 is 0. The monoisotopic (exact) mass is 348 g/mol. The van der Waals surface area contributed by atoms with Gasteiger partial charge in [0.1, 0.15) is 6.07 Å². The van der Waals surface area contributed by atoms with Crippen LogP contribution in [-0.2, 0) is 11.2 Å². The summed E-state index contributed by atoms with van der Waals surface area (Å²) < 4.78 is 5.20. The van der Waals surface area contributed by atoms with Crippen molar-refractivity contribution in [3.8, 4) is 17.9 Å². The number of rotatable bonds is 8. The molecule has 0 aromatic heterocycles. The predicted molar refractivity (Wildman–Crippen MR) is 98.7 cm³/mol. The third kappa shape index (κ3) is 5.34. The van der Waals surface area contributed by atoms with Crippen LogP contribution in [0.5, 0.6) is 5.75 Å². The Kier molecular flexibility index (Phi) is 7.17. The molecule has 0 aliphatic heterocycles. The maximum Gasteiger partial charge on any atom is 0.225 e. The summed E-state index contributed by atoms with van der Waals surface area (Å²) in [6.45, 7) is 1.29. The highest BCUT2D eigenvalue weighted by Gasteiger charge is 2.11. The molecule has 1 amide bonds. The summed E-state index contributed by atoms with van der Waals surface area (Å²) in [6, 6.07) is 16.6. The number of hydrogen-bond donors (Lipinski definition) is 2. The van der Waals surface area contributed by atoms with Crippen LogP contribution >= 0.6 is 0 Å². The van der Waals surface area contributed by atoms with Crippen molar-refractivity contribution >= 4 is 11.6 Å². The lowest BCUT2D eigenvalue weighted by molar-refractivity contribution is -0.116. The number of hydrogen-bond acceptors (Lipinski definition) is 5. The Morgan fingerprint density at radius 3 is 2.50 bits per heavy atom. The van der Waals surface area contributed by atoms with E-state index in [2.05, 4.69) is 16.7 Å². The van der Waals surface area contributed by atoms with Gasteiger partial charge in [-0.1, -0.05) is 18.2 Å². The fraction of sp³-hybridized carbons (Fsp3) is 0.250. The number of nitrogens with zero attached hydrogens (tertiary/aromatic N) is 2. The summed E-state index contributed by atoms with van der Waals surface area (Å²) in [6.07, 6.45) is 1.14. The van der Waals surface area contributed by atoms with Gasteiger partial charge in [0.2, 0.25) is 5.91 Å². The van der Waals surface area contributed by atoms with Gasteiger partial charge in [-0.3, -0.25) is 4.79 Å². The molecular weight excluding hydrogens is 328 g/mol. The molecule has 0 saturated carbocycles. The van der Waals surface area contributed by atoms with Crippen molar-refractivity contribution in [2.24, 2.45) is 0 Å². The quantitative estimate of drug-likeness (QED) is 0.715. The van der Waals surface area contributed by atoms with Crippen molar-refractivity contribution in [1.82, 2.24) is 5.32 Å². The van der Waals surface area contributed by atoms with Crippen LogP contribution < -0.4 is 15.4 Å². The molecule has 0 unspecified atom stereocenters. The summed E-state index contributed by atoms with van der Waals surface area (Å²) in [4.78, 5) is 12.1. The second-order valence-corrected chi connectivity index (χ2v) is 5.61. The molecule has 0 fully saturated rings. The van der Waals surface area contributed by atoms with Crippen molar-refractivity contribution in [3.63, 3.8) is 0 Å². The van der Waals surface area contributed by atoms with Gasteiger partial charge >= 0.3 is 0 Å². The molecule has 0 aliphatic carbocycles. The van der Waals surface area contributed by atoms with Crippen molar-refractivity contribution < 1.29 is 9.53 Å². The van der Waals surface area contributed by atoms with E-state index < -0.39 is 0 Å². The van der Waals surface area contributed by atoms with Crippen molar-refractivity contribution in [1.29, 1.82) is 10.5 Å². The number of nitrogens with one attached hydrogen (secondary N) is 2. The second kappa shape index (κ2) is 9.83. The molecule has 2 aromatic carbocycles. The van der Waals surface area contributed by atoms with Crippen molar-refractivity contribution in [2.45, 2.75) is 12.8 Å². The van der Waals surface area contributed by atoms with Crippen LogP contribution in [0.25, 0.3) is 0 Å². The molecule has 6 heteroatoms. The van der Waals surface area contributed by atoms with Crippen molar-refractivity contribution in [3.05, 3.63) is 59.2 Å². The van der Waals surface area contributed by atoms with Crippen LogP contribution in [0, 0.1) is 22.7 Å². The van der Waals surface area contributed by atoms with E-state index in [1.54, 1.807) is 30.3 Å². The standard InChI is InChI=1S/C20H20N4O2/c1-26-20-17(14-22)3-2-4-18(20)24-19(25)10-12-23-11-9-15-5-7-16(13-21)8-6-15/h2-8,23H,9-12H2,1H3,(H,24,25). The van der Waals surface area contributed by atoms with Gasteiger partial charge in [-0.05, 0) is 42.8 Å². The van der Waals surface area contributed by atoms with E-state index in [4.69, 9.17) is 15.3 Å². The molecule has 6 nitrogen and oxygen atoms in total. The SMILES string of the molecule is COc1c(C#N)cccc1NC(=O)CCNCCc1ccc(C#N)cc1. The van der Waals surface area contributed by atoms with E-state index >= 15 is 0 Å². The molecule has 0 heterocycles. The minimum atomic E-state index is -0.149. The van der Waals surface area contributed by atoms with Gasteiger partial charge in [0.25, 0.3) is 0 Å². The summed E-state index contributed by atoms with van der Waals surface area (Å²) in [5.41, 5.74) is 2.66. The van der Waals surface area contributed by atoms with Crippen LogP contribution in [0.4, 0.5) is 5.69 Å². The van der Waals surface area contributed by atoms with Crippen LogP contribution in [0.15, 0.2) is 42.5 Å². The van der Waals surface area contributed by atoms with E-state index in [9.17, 15) is 4.79 Å². The second-order valence-electron chi connectivity index (χ2n) is 5.61. The summed E-state index contributed by atoms with van der Waals surface area (Å²) in [7, 11) is 1.47. The van der Waals surface area contributed by atoms with E-state index in [0.29, 0.717) is 35.5 Å². The molecule has 2 N–H and O–H groups in total. The van der Waals surface area contributed by atoms with Crippen LogP contribution in [-0.4, -0.2) is 26.1 Å². The lowest BCUT2D eigenvalue weighted by atomic mass is 10.1. The average molecular weight is 348 g/mol. The number of ether oxygens (including phenoxy) is 1. The van der Waals surface area contributed by atoms with E-state index in [-0.39, 0.29) is 5.91 Å². The molecule has 0 bridgehead atoms. The number of anilines is 1. The minimum absolute atomic E-state index is 0.149. The average Bonchev–Trinajstić information content (AvgIpc) is 2.67. The first-order chi connectivity index (χ1) is 12.7. The molecular formula is C20H20N4O2. The molecule has 0 spiro atoms. The number of para-hydroxylation sites is 1. The Hall–Kier alpha value is -3.35. The summed E-state index contributed by atoms with van der Waals surface area (Å²) in [5.74, 6) is 0.224. The van der Waals surface area contributed by atoms with E-state index in [0.717, 1.165) is 18.5 Å². The highest BCUT2D eigenvalue weighted by atomic mass is 16.5. The maximum absolute atomic E-state index is 12.1. The third-order valence-corrected chi connectivity index (χ3v) is 3.82. The Morgan fingerprint density at radius 2 is 1.85 bits per heavy atom. The van der Waals surface area contributed by atoms with Crippen LogP contribution in [0.3, 0.4) is 0 Å². The number of carbonyl (C=O) groups is 1. The first-order valence-electron chi connectivity index (χ1n) is 8.24. The smallest absolute Gasteiger partial charge is 0.225 e. The Labute approximate surface area is 153 Å². The number of benzene rings is 2. The number of carbonyl (C=O) groups excluding carboxylic acids is 1. The number of amides is 1. The fourth-order valence-electron chi connectivity index (χ4n) is 2.46. The maximum atomic E-state index is 12.1. The predicted octanol–water partition coefficient (Wildman–Crippen LogP) is 2.60. The zero-order valence-corrected chi connectivity index (χ0v) is 14.6. The van der Waals surface area contributed by atoms with Gasteiger partial charge in [0.15, 0.2) is 5.75 Å². The zero-order chi connectivity index (χ0) is 18.8. The topological polar surface area (TPSA) is 97.9 Å². The van der Waals surface area contributed by atoms with Gasteiger partial charge in [-0.15, -0.1) is 0 Å². The lowest BCUT2D eigenvalue weighted by Gasteiger charge is -2.11. The normalized spacial score (nSPS) is 9.81. The van der Waals surface area contributed by atoms with Crippen LogP contribution in [0.1, 0.15) is 23.1 Å². The van der Waals surface area contributed by atoms with E-state index in [1.165, 1.54) is 7.11 Å². The molecule has 0 aliphatic rings. The Morgan fingerprint density at radius 1 is 1.08 bits per heavy atom. The van der Waals surface area contributed by atoms with Crippen LogP contribution in [0.2, 0.25) is 0 Å². The van der Waals surface area contributed by atoms with Gasteiger partial charge < -0.3 is 15.4 Å². The highest BCUT2D eigenvalue weighted by Crippen LogP contribution is 2.28. The van der Waals surface area contributed by atoms with Gasteiger partial charge in [-0.2, -0.15) is 10.5 Å².